The van der Waals surface area contributed by atoms with E-state index in [1.807, 2.05) is 6.92 Å². The fraction of sp³-hybridized carbons (Fsp3) is 0.500. The Morgan fingerprint density at radius 3 is 2.35 bits per heavy atom. The molecule has 1 aromatic carbocycles. The monoisotopic (exact) mass is 296 g/mol. The van der Waals surface area contributed by atoms with E-state index in [-0.39, 0.29) is 4.90 Å². The summed E-state index contributed by atoms with van der Waals surface area (Å²) in [6.07, 6.45) is 1.56. The number of rotatable bonds is 3. The van der Waals surface area contributed by atoms with Crippen LogP contribution in [-0.4, -0.2) is 26.9 Å². The largest absolute Gasteiger partial charge is 0.306 e. The van der Waals surface area contributed by atoms with Crippen LogP contribution in [0.5, 0.6) is 0 Å². The van der Waals surface area contributed by atoms with E-state index in [1.165, 1.54) is 0 Å². The Kier molecular flexibility index (Phi) is 4.15. The molecule has 1 heterocycles. The zero-order valence-electron chi connectivity index (χ0n) is 12.0. The van der Waals surface area contributed by atoms with Gasteiger partial charge in [-0.1, -0.05) is 17.7 Å². The van der Waals surface area contributed by atoms with Crippen LogP contribution in [0.25, 0.3) is 0 Å². The van der Waals surface area contributed by atoms with Crippen molar-refractivity contribution in [3.8, 4) is 0 Å². The van der Waals surface area contributed by atoms with Gasteiger partial charge < -0.3 is 5.32 Å². The second-order valence-corrected chi connectivity index (χ2v) is 6.97. The van der Waals surface area contributed by atoms with E-state index in [1.54, 1.807) is 26.0 Å². The summed E-state index contributed by atoms with van der Waals surface area (Å²) >= 11 is 0. The predicted octanol–water partition coefficient (Wildman–Crippen LogP) is 1.17. The highest BCUT2D eigenvalue weighted by Crippen LogP contribution is 2.21. The Hall–Kier alpha value is -1.40. The van der Waals surface area contributed by atoms with Crippen molar-refractivity contribution in [3.05, 3.63) is 28.8 Å². The quantitative estimate of drug-likeness (QED) is 0.878. The summed E-state index contributed by atoms with van der Waals surface area (Å²) in [6.45, 7) is 6.15. The zero-order chi connectivity index (χ0) is 14.9. The van der Waals surface area contributed by atoms with E-state index in [0.717, 1.165) is 18.5 Å². The molecule has 0 bridgehead atoms. The highest BCUT2D eigenvalue weighted by Gasteiger charge is 2.28. The van der Waals surface area contributed by atoms with Gasteiger partial charge in [0.25, 0.3) is 15.9 Å². The zero-order valence-corrected chi connectivity index (χ0v) is 12.8. The van der Waals surface area contributed by atoms with E-state index in [2.05, 4.69) is 10.0 Å². The summed E-state index contributed by atoms with van der Waals surface area (Å²) in [7, 11) is -3.81. The SMILES string of the molecule is Cc1cc(C)c(S(=O)(=O)NC(=O)[C@@H]2CCCN2)c(C)c1. The maximum Gasteiger partial charge on any atom is 0.264 e. The molecule has 0 radical (unpaired) electrons. The molecule has 2 rings (SSSR count). The summed E-state index contributed by atoms with van der Waals surface area (Å²) in [5.74, 6) is -0.470. The average molecular weight is 296 g/mol. The smallest absolute Gasteiger partial charge is 0.264 e. The number of sulfonamides is 1. The molecule has 0 spiro atoms. The molecule has 20 heavy (non-hydrogen) atoms. The van der Waals surface area contributed by atoms with Crippen LogP contribution in [0.1, 0.15) is 29.5 Å². The number of amides is 1. The molecule has 1 aliphatic heterocycles. The lowest BCUT2D eigenvalue weighted by Gasteiger charge is -2.15. The summed E-state index contributed by atoms with van der Waals surface area (Å²) < 4.78 is 27.0. The van der Waals surface area contributed by atoms with Gasteiger partial charge in [0.15, 0.2) is 0 Å². The molecule has 110 valence electrons. The van der Waals surface area contributed by atoms with Crippen molar-refractivity contribution in [2.45, 2.75) is 44.6 Å². The normalized spacial score (nSPS) is 19.1. The van der Waals surface area contributed by atoms with Gasteiger partial charge in [0.1, 0.15) is 0 Å². The van der Waals surface area contributed by atoms with E-state index in [4.69, 9.17) is 0 Å². The predicted molar refractivity (Wildman–Crippen MR) is 77.0 cm³/mol. The molecular formula is C14H20N2O3S. The van der Waals surface area contributed by atoms with E-state index < -0.39 is 22.0 Å². The molecule has 6 heteroatoms. The van der Waals surface area contributed by atoms with Crippen LogP contribution in [-0.2, 0) is 14.8 Å². The van der Waals surface area contributed by atoms with Crippen LogP contribution in [0.4, 0.5) is 0 Å². The van der Waals surface area contributed by atoms with E-state index >= 15 is 0 Å². The van der Waals surface area contributed by atoms with E-state index in [0.29, 0.717) is 17.5 Å². The molecule has 1 aliphatic rings. The molecule has 2 N–H and O–H groups in total. The number of benzene rings is 1. The molecule has 0 unspecified atom stereocenters. The summed E-state index contributed by atoms with van der Waals surface area (Å²) in [5, 5.41) is 2.99. The van der Waals surface area contributed by atoms with Gasteiger partial charge >= 0.3 is 0 Å². The number of hydrogen-bond acceptors (Lipinski definition) is 4. The first kappa shape index (κ1) is 15.0. The van der Waals surface area contributed by atoms with Gasteiger partial charge in [-0.3, -0.25) is 4.79 Å². The van der Waals surface area contributed by atoms with Crippen molar-refractivity contribution in [3.63, 3.8) is 0 Å². The molecule has 0 aromatic heterocycles. The summed E-state index contributed by atoms with van der Waals surface area (Å²) in [5.41, 5.74) is 2.31. The van der Waals surface area contributed by atoms with Crippen LogP contribution in [0.2, 0.25) is 0 Å². The first-order valence-electron chi connectivity index (χ1n) is 6.69. The maximum absolute atomic E-state index is 12.4. The molecular weight excluding hydrogens is 276 g/mol. The summed E-state index contributed by atoms with van der Waals surface area (Å²) in [4.78, 5) is 12.2. The number of nitrogens with one attached hydrogen (secondary N) is 2. The second-order valence-electron chi connectivity index (χ2n) is 5.35. The third kappa shape index (κ3) is 3.02. The highest BCUT2D eigenvalue weighted by atomic mass is 32.2. The van der Waals surface area contributed by atoms with Crippen LogP contribution in [0.15, 0.2) is 17.0 Å². The number of carbonyl (C=O) groups excluding carboxylic acids is 1. The summed E-state index contributed by atoms with van der Waals surface area (Å²) in [6, 6.07) is 3.20. The number of carbonyl (C=O) groups is 1. The number of aryl methyl sites for hydroxylation is 3. The van der Waals surface area contributed by atoms with Gasteiger partial charge in [-0.25, -0.2) is 13.1 Å². The van der Waals surface area contributed by atoms with Crippen molar-refractivity contribution < 1.29 is 13.2 Å². The highest BCUT2D eigenvalue weighted by molar-refractivity contribution is 7.90. The third-order valence-corrected chi connectivity index (χ3v) is 5.14. The molecule has 1 atom stereocenters. The Morgan fingerprint density at radius 2 is 1.85 bits per heavy atom. The van der Waals surface area contributed by atoms with Gasteiger partial charge in [-0.05, 0) is 51.3 Å². The van der Waals surface area contributed by atoms with Crippen LogP contribution >= 0.6 is 0 Å². The standard InChI is InChI=1S/C14H20N2O3S/c1-9-7-10(2)13(11(3)8-9)20(18,19)16-14(17)12-5-4-6-15-12/h7-8,12,15H,4-6H2,1-3H3,(H,16,17)/t12-/m0/s1. The Bertz CT molecular complexity index is 609. The topological polar surface area (TPSA) is 75.3 Å². The van der Waals surface area contributed by atoms with Crippen LogP contribution in [0, 0.1) is 20.8 Å². The average Bonchev–Trinajstić information content (AvgIpc) is 2.78. The van der Waals surface area contributed by atoms with Crippen molar-refractivity contribution in [1.82, 2.24) is 10.0 Å². The third-order valence-electron chi connectivity index (χ3n) is 3.49. The van der Waals surface area contributed by atoms with Crippen LogP contribution < -0.4 is 10.0 Å². The minimum absolute atomic E-state index is 0.203. The Morgan fingerprint density at radius 1 is 1.25 bits per heavy atom. The molecule has 0 saturated carbocycles. The molecule has 0 aliphatic carbocycles. The van der Waals surface area contributed by atoms with Crippen molar-refractivity contribution in [2.24, 2.45) is 0 Å². The fourth-order valence-corrected chi connectivity index (χ4v) is 4.23. The minimum Gasteiger partial charge on any atom is -0.306 e. The van der Waals surface area contributed by atoms with Gasteiger partial charge in [0.05, 0.1) is 10.9 Å². The fourth-order valence-electron chi connectivity index (χ4n) is 2.75. The van der Waals surface area contributed by atoms with Gasteiger partial charge in [0, 0.05) is 0 Å². The van der Waals surface area contributed by atoms with Gasteiger partial charge in [-0.2, -0.15) is 0 Å². The lowest BCUT2D eigenvalue weighted by Crippen LogP contribution is -2.43. The lowest BCUT2D eigenvalue weighted by atomic mass is 10.1. The molecule has 1 aromatic rings. The molecule has 1 saturated heterocycles. The molecule has 1 fully saturated rings. The number of hydrogen-bond donors (Lipinski definition) is 2. The van der Waals surface area contributed by atoms with Crippen molar-refractivity contribution in [1.29, 1.82) is 0 Å². The molecule has 5 nitrogen and oxygen atoms in total. The van der Waals surface area contributed by atoms with Gasteiger partial charge in [-0.15, -0.1) is 0 Å². The van der Waals surface area contributed by atoms with E-state index in [9.17, 15) is 13.2 Å². The maximum atomic E-state index is 12.4. The minimum atomic E-state index is -3.81. The first-order chi connectivity index (χ1) is 9.31. The molecule has 1 amide bonds. The lowest BCUT2D eigenvalue weighted by molar-refractivity contribution is -0.121. The van der Waals surface area contributed by atoms with Crippen molar-refractivity contribution >= 4 is 15.9 Å². The second kappa shape index (κ2) is 5.54. The van der Waals surface area contributed by atoms with Crippen LogP contribution in [0.3, 0.4) is 0 Å². The Balaban J connectivity index is 2.29. The Labute approximate surface area is 119 Å². The first-order valence-corrected chi connectivity index (χ1v) is 8.17. The van der Waals surface area contributed by atoms with Gasteiger partial charge in [0.2, 0.25) is 0 Å². The van der Waals surface area contributed by atoms with Crippen molar-refractivity contribution in [2.75, 3.05) is 6.54 Å².